The van der Waals surface area contributed by atoms with Crippen LogP contribution in [0.25, 0.3) is 0 Å². The maximum absolute atomic E-state index is 11.4. The van der Waals surface area contributed by atoms with Crippen molar-refractivity contribution in [1.29, 1.82) is 0 Å². The summed E-state index contributed by atoms with van der Waals surface area (Å²) in [5.41, 5.74) is 0. The van der Waals surface area contributed by atoms with E-state index in [4.69, 9.17) is 0 Å². The molecule has 0 saturated carbocycles. The van der Waals surface area contributed by atoms with E-state index < -0.39 is 0 Å². The van der Waals surface area contributed by atoms with Crippen LogP contribution < -0.4 is 9.80 Å². The van der Waals surface area contributed by atoms with E-state index in [2.05, 4.69) is 25.8 Å². The lowest BCUT2D eigenvalue weighted by atomic mass is 10.1. The Morgan fingerprint density at radius 2 is 1.48 bits per heavy atom. The van der Waals surface area contributed by atoms with Gasteiger partial charge < -0.3 is 14.7 Å². The Kier molecular flexibility index (Phi) is 4.22. The van der Waals surface area contributed by atoms with Gasteiger partial charge in [-0.2, -0.15) is 0 Å². The first-order chi connectivity index (χ1) is 10.2. The zero-order valence-electron chi connectivity index (χ0n) is 12.7. The second-order valence-corrected chi connectivity index (χ2v) is 5.78. The maximum Gasteiger partial charge on any atom is 0.219 e. The fraction of sp³-hybridized carbons (Fsp3) is 0.667. The molecule has 0 aromatic carbocycles. The fourth-order valence-corrected chi connectivity index (χ4v) is 3.06. The molecule has 0 N–H and O–H groups in total. The summed E-state index contributed by atoms with van der Waals surface area (Å²) in [4.78, 5) is 26.7. The Hall–Kier alpha value is -1.85. The number of anilines is 2. The molecule has 2 fully saturated rings. The molecule has 6 nitrogen and oxygen atoms in total. The van der Waals surface area contributed by atoms with Gasteiger partial charge >= 0.3 is 0 Å². The second kappa shape index (κ2) is 6.28. The monoisotopic (exact) mass is 289 g/mol. The van der Waals surface area contributed by atoms with E-state index in [1.807, 2.05) is 4.90 Å². The van der Waals surface area contributed by atoms with Gasteiger partial charge in [-0.25, -0.2) is 9.97 Å². The molecule has 2 saturated heterocycles. The van der Waals surface area contributed by atoms with Crippen LogP contribution in [-0.4, -0.2) is 60.0 Å². The van der Waals surface area contributed by atoms with Crippen LogP contribution in [-0.2, 0) is 4.79 Å². The van der Waals surface area contributed by atoms with Gasteiger partial charge in [0, 0.05) is 52.3 Å². The molecule has 0 bridgehead atoms. The zero-order chi connectivity index (χ0) is 14.7. The van der Waals surface area contributed by atoms with Gasteiger partial charge in [0.25, 0.3) is 0 Å². The predicted molar refractivity (Wildman–Crippen MR) is 82.6 cm³/mol. The Balaban J connectivity index is 1.67. The molecule has 2 aliphatic heterocycles. The first-order valence-electron chi connectivity index (χ1n) is 7.81. The minimum atomic E-state index is 0.159. The van der Waals surface area contributed by atoms with Crippen LogP contribution in [0.5, 0.6) is 0 Å². The summed E-state index contributed by atoms with van der Waals surface area (Å²) in [6.07, 6.45) is 5.48. The van der Waals surface area contributed by atoms with Crippen molar-refractivity contribution < 1.29 is 4.79 Å². The molecular formula is C15H23N5O. The Morgan fingerprint density at radius 1 is 0.905 bits per heavy atom. The van der Waals surface area contributed by atoms with Crippen LogP contribution in [0.2, 0.25) is 0 Å². The second-order valence-electron chi connectivity index (χ2n) is 5.78. The predicted octanol–water partition coefficient (Wildman–Crippen LogP) is 1.14. The van der Waals surface area contributed by atoms with Crippen molar-refractivity contribution in [3.63, 3.8) is 0 Å². The minimum absolute atomic E-state index is 0.159. The van der Waals surface area contributed by atoms with Crippen molar-refractivity contribution in [3.05, 3.63) is 12.4 Å². The third kappa shape index (κ3) is 3.25. The number of hydrogen-bond acceptors (Lipinski definition) is 5. The lowest BCUT2D eigenvalue weighted by Crippen LogP contribution is -2.48. The molecule has 0 atom stereocenters. The largest absolute Gasteiger partial charge is 0.356 e. The van der Waals surface area contributed by atoms with Crippen LogP contribution in [0.4, 0.5) is 11.6 Å². The summed E-state index contributed by atoms with van der Waals surface area (Å²) in [5, 5.41) is 0. The molecular weight excluding hydrogens is 266 g/mol. The molecule has 0 unspecified atom stereocenters. The van der Waals surface area contributed by atoms with Crippen molar-refractivity contribution >= 4 is 17.5 Å². The number of carbonyl (C=O) groups is 1. The van der Waals surface area contributed by atoms with Crippen LogP contribution in [0, 0.1) is 0 Å². The summed E-state index contributed by atoms with van der Waals surface area (Å²) >= 11 is 0. The lowest BCUT2D eigenvalue weighted by Gasteiger charge is -2.35. The summed E-state index contributed by atoms with van der Waals surface area (Å²) in [6.45, 7) is 7.06. The molecule has 0 aliphatic carbocycles. The third-order valence-electron chi connectivity index (χ3n) is 4.37. The molecule has 114 valence electrons. The van der Waals surface area contributed by atoms with E-state index in [0.717, 1.165) is 50.9 Å². The standard InChI is InChI=1S/C15H23N5O/c1-13(21)18-7-9-20(10-8-18)15-11-14(16-12-17-15)19-5-3-2-4-6-19/h11-12H,2-10H2,1H3. The van der Waals surface area contributed by atoms with Gasteiger partial charge in [0.15, 0.2) is 0 Å². The first-order valence-corrected chi connectivity index (χ1v) is 7.81. The van der Waals surface area contributed by atoms with Crippen LogP contribution >= 0.6 is 0 Å². The highest BCUT2D eigenvalue weighted by molar-refractivity contribution is 5.73. The minimum Gasteiger partial charge on any atom is -0.356 e. The Bertz CT molecular complexity index is 493. The van der Waals surface area contributed by atoms with Gasteiger partial charge in [0.2, 0.25) is 5.91 Å². The average molecular weight is 289 g/mol. The van der Waals surface area contributed by atoms with Crippen LogP contribution in [0.15, 0.2) is 12.4 Å². The van der Waals surface area contributed by atoms with Crippen LogP contribution in [0.3, 0.4) is 0 Å². The van der Waals surface area contributed by atoms with E-state index in [1.165, 1.54) is 19.3 Å². The summed E-state index contributed by atoms with van der Waals surface area (Å²) < 4.78 is 0. The number of hydrogen-bond donors (Lipinski definition) is 0. The van der Waals surface area contributed by atoms with Crippen molar-refractivity contribution in [2.24, 2.45) is 0 Å². The lowest BCUT2D eigenvalue weighted by molar-refractivity contribution is -0.129. The van der Waals surface area contributed by atoms with Crippen molar-refractivity contribution in [2.75, 3.05) is 49.1 Å². The Labute approximate surface area is 125 Å². The van der Waals surface area contributed by atoms with Gasteiger partial charge in [-0.15, -0.1) is 0 Å². The highest BCUT2D eigenvalue weighted by atomic mass is 16.2. The highest BCUT2D eigenvalue weighted by Gasteiger charge is 2.20. The number of nitrogens with zero attached hydrogens (tertiary/aromatic N) is 5. The molecule has 2 aliphatic rings. The van der Waals surface area contributed by atoms with E-state index in [-0.39, 0.29) is 5.91 Å². The normalized spacial score (nSPS) is 19.8. The average Bonchev–Trinajstić information content (AvgIpc) is 2.56. The quantitative estimate of drug-likeness (QED) is 0.817. The zero-order valence-corrected chi connectivity index (χ0v) is 12.7. The molecule has 1 aromatic heterocycles. The number of rotatable bonds is 2. The smallest absolute Gasteiger partial charge is 0.219 e. The molecule has 6 heteroatoms. The van der Waals surface area contributed by atoms with E-state index in [9.17, 15) is 4.79 Å². The number of aromatic nitrogens is 2. The summed E-state index contributed by atoms with van der Waals surface area (Å²) in [5.74, 6) is 2.17. The molecule has 3 rings (SSSR count). The van der Waals surface area contributed by atoms with Crippen molar-refractivity contribution in [1.82, 2.24) is 14.9 Å². The van der Waals surface area contributed by atoms with Crippen molar-refractivity contribution in [3.8, 4) is 0 Å². The van der Waals surface area contributed by atoms with E-state index in [1.54, 1.807) is 13.3 Å². The summed E-state index contributed by atoms with van der Waals surface area (Å²) in [7, 11) is 0. The number of piperazine rings is 1. The third-order valence-corrected chi connectivity index (χ3v) is 4.37. The molecule has 0 radical (unpaired) electrons. The Morgan fingerprint density at radius 3 is 2.05 bits per heavy atom. The van der Waals surface area contributed by atoms with Crippen molar-refractivity contribution in [2.45, 2.75) is 26.2 Å². The van der Waals surface area contributed by atoms with Gasteiger partial charge in [-0.05, 0) is 19.3 Å². The SMILES string of the molecule is CC(=O)N1CCN(c2cc(N3CCCCC3)ncn2)CC1. The molecule has 1 aromatic rings. The number of amides is 1. The molecule has 0 spiro atoms. The fourth-order valence-electron chi connectivity index (χ4n) is 3.06. The van der Waals surface area contributed by atoms with Gasteiger partial charge in [0.05, 0.1) is 0 Å². The number of piperidine rings is 1. The highest BCUT2D eigenvalue weighted by Crippen LogP contribution is 2.21. The first kappa shape index (κ1) is 14.1. The topological polar surface area (TPSA) is 52.6 Å². The molecule has 21 heavy (non-hydrogen) atoms. The maximum atomic E-state index is 11.4. The molecule has 1 amide bonds. The van der Waals surface area contributed by atoms with E-state index >= 15 is 0 Å². The van der Waals surface area contributed by atoms with E-state index in [0.29, 0.717) is 0 Å². The summed E-state index contributed by atoms with van der Waals surface area (Å²) in [6, 6.07) is 2.09. The number of carbonyl (C=O) groups excluding carboxylic acids is 1. The van der Waals surface area contributed by atoms with Gasteiger partial charge in [-0.3, -0.25) is 4.79 Å². The van der Waals surface area contributed by atoms with Crippen LogP contribution in [0.1, 0.15) is 26.2 Å². The van der Waals surface area contributed by atoms with Gasteiger partial charge in [0.1, 0.15) is 18.0 Å². The van der Waals surface area contributed by atoms with Gasteiger partial charge in [-0.1, -0.05) is 0 Å². The molecule has 3 heterocycles.